The summed E-state index contributed by atoms with van der Waals surface area (Å²) in [5.74, 6) is 1.78. The number of carbonyl (C=O) groups is 1. The molecule has 3 nitrogen and oxygen atoms in total. The number of amides is 1. The van der Waals surface area contributed by atoms with Gasteiger partial charge in [0.05, 0.1) is 11.7 Å². The largest absolute Gasteiger partial charge is 0.325 e. The van der Waals surface area contributed by atoms with Crippen LogP contribution in [0.3, 0.4) is 0 Å². The van der Waals surface area contributed by atoms with Crippen molar-refractivity contribution in [2.45, 2.75) is 83.3 Å². The van der Waals surface area contributed by atoms with Gasteiger partial charge in [0.15, 0.2) is 0 Å². The average Bonchev–Trinajstić information content (AvgIpc) is 3.13. The van der Waals surface area contributed by atoms with Crippen LogP contribution in [0.1, 0.15) is 71.6 Å². The predicted octanol–water partition coefficient (Wildman–Crippen LogP) is 3.29. The van der Waals surface area contributed by atoms with Gasteiger partial charge in [-0.1, -0.05) is 52.4 Å². The van der Waals surface area contributed by atoms with Crippen molar-refractivity contribution in [1.82, 2.24) is 10.2 Å². The van der Waals surface area contributed by atoms with E-state index in [1.165, 1.54) is 44.9 Å². The third-order valence-electron chi connectivity index (χ3n) is 5.77. The molecule has 114 valence electrons. The van der Waals surface area contributed by atoms with Gasteiger partial charge in [0, 0.05) is 6.54 Å². The molecule has 3 fully saturated rings. The van der Waals surface area contributed by atoms with Crippen molar-refractivity contribution in [3.63, 3.8) is 0 Å². The molecule has 20 heavy (non-hydrogen) atoms. The first-order valence-electron chi connectivity index (χ1n) is 8.71. The van der Waals surface area contributed by atoms with E-state index < -0.39 is 0 Å². The highest BCUT2D eigenvalue weighted by atomic mass is 16.2. The van der Waals surface area contributed by atoms with E-state index in [1.807, 2.05) is 0 Å². The van der Waals surface area contributed by atoms with Crippen LogP contribution in [0, 0.1) is 11.8 Å². The summed E-state index contributed by atoms with van der Waals surface area (Å²) in [7, 11) is 0. The van der Waals surface area contributed by atoms with E-state index in [1.54, 1.807) is 0 Å². The Hall–Kier alpha value is -0.570. The molecule has 0 aromatic heterocycles. The molecule has 1 heterocycles. The smallest absolute Gasteiger partial charge is 0.244 e. The fourth-order valence-electron chi connectivity index (χ4n) is 4.55. The van der Waals surface area contributed by atoms with Crippen LogP contribution in [-0.4, -0.2) is 29.1 Å². The summed E-state index contributed by atoms with van der Waals surface area (Å²) in [6, 6.07) is 0. The Morgan fingerprint density at radius 1 is 1.20 bits per heavy atom. The molecule has 3 aliphatic rings. The molecule has 1 atom stereocenters. The molecular formula is C17H30N2O. The molecule has 1 N–H and O–H groups in total. The van der Waals surface area contributed by atoms with Crippen LogP contribution in [0.4, 0.5) is 0 Å². The summed E-state index contributed by atoms with van der Waals surface area (Å²) >= 11 is 0. The highest BCUT2D eigenvalue weighted by molar-refractivity contribution is 5.89. The van der Waals surface area contributed by atoms with Gasteiger partial charge < -0.3 is 4.90 Å². The summed E-state index contributed by atoms with van der Waals surface area (Å²) in [4.78, 5) is 15.1. The third kappa shape index (κ3) is 2.49. The average molecular weight is 278 g/mol. The van der Waals surface area contributed by atoms with Crippen LogP contribution in [0.15, 0.2) is 0 Å². The Labute approximate surface area is 123 Å². The lowest BCUT2D eigenvalue weighted by Crippen LogP contribution is -2.45. The van der Waals surface area contributed by atoms with E-state index in [-0.39, 0.29) is 11.7 Å². The van der Waals surface area contributed by atoms with Gasteiger partial charge >= 0.3 is 0 Å². The van der Waals surface area contributed by atoms with Crippen LogP contribution in [0.25, 0.3) is 0 Å². The van der Waals surface area contributed by atoms with Gasteiger partial charge in [-0.25, -0.2) is 0 Å². The van der Waals surface area contributed by atoms with Gasteiger partial charge in [0.25, 0.3) is 0 Å². The normalized spacial score (nSPS) is 30.2. The zero-order chi connectivity index (χ0) is 14.2. The molecule has 3 rings (SSSR count). The predicted molar refractivity (Wildman–Crippen MR) is 81.2 cm³/mol. The second-order valence-electron chi connectivity index (χ2n) is 7.56. The van der Waals surface area contributed by atoms with Gasteiger partial charge in [-0.05, 0) is 31.1 Å². The maximum atomic E-state index is 12.9. The maximum Gasteiger partial charge on any atom is 0.244 e. The molecule has 2 aliphatic carbocycles. The first-order chi connectivity index (χ1) is 9.62. The standard InChI is InChI=1S/C17H30N2O/c1-13(2)15-18-17(10-5-6-11-17)16(20)19(15)12-9-14-7-3-4-8-14/h13-15,18H,3-12H2,1-2H3. The Morgan fingerprint density at radius 2 is 1.85 bits per heavy atom. The van der Waals surface area contributed by atoms with Crippen molar-refractivity contribution in [3.05, 3.63) is 0 Å². The second-order valence-corrected chi connectivity index (χ2v) is 7.56. The molecular weight excluding hydrogens is 248 g/mol. The third-order valence-corrected chi connectivity index (χ3v) is 5.77. The molecule has 0 aromatic rings. The molecule has 0 bridgehead atoms. The van der Waals surface area contributed by atoms with Crippen molar-refractivity contribution >= 4 is 5.91 Å². The van der Waals surface area contributed by atoms with E-state index in [0.717, 1.165) is 25.3 Å². The number of carbonyl (C=O) groups excluding carboxylic acids is 1. The number of nitrogens with one attached hydrogen (secondary N) is 1. The molecule has 1 unspecified atom stereocenters. The molecule has 0 aromatic carbocycles. The minimum absolute atomic E-state index is 0.190. The van der Waals surface area contributed by atoms with Gasteiger partial charge in [0.2, 0.25) is 5.91 Å². The number of hydrogen-bond acceptors (Lipinski definition) is 2. The first kappa shape index (κ1) is 14.4. The zero-order valence-corrected chi connectivity index (χ0v) is 13.2. The molecule has 1 saturated heterocycles. The van der Waals surface area contributed by atoms with Crippen LogP contribution in [-0.2, 0) is 4.79 Å². The Morgan fingerprint density at radius 3 is 2.45 bits per heavy atom. The van der Waals surface area contributed by atoms with Crippen molar-refractivity contribution in [1.29, 1.82) is 0 Å². The van der Waals surface area contributed by atoms with Gasteiger partial charge in [0.1, 0.15) is 0 Å². The van der Waals surface area contributed by atoms with Gasteiger partial charge in [-0.3, -0.25) is 10.1 Å². The fraction of sp³-hybridized carbons (Fsp3) is 0.941. The van der Waals surface area contributed by atoms with Crippen molar-refractivity contribution in [3.8, 4) is 0 Å². The number of nitrogens with zero attached hydrogens (tertiary/aromatic N) is 1. The lowest BCUT2D eigenvalue weighted by molar-refractivity contribution is -0.133. The van der Waals surface area contributed by atoms with Crippen molar-refractivity contribution in [2.75, 3.05) is 6.54 Å². The molecule has 1 amide bonds. The topological polar surface area (TPSA) is 32.3 Å². The van der Waals surface area contributed by atoms with Crippen LogP contribution >= 0.6 is 0 Å². The van der Waals surface area contributed by atoms with Crippen molar-refractivity contribution < 1.29 is 4.79 Å². The Balaban J connectivity index is 1.67. The molecule has 2 saturated carbocycles. The van der Waals surface area contributed by atoms with Crippen molar-refractivity contribution in [2.24, 2.45) is 11.8 Å². The highest BCUT2D eigenvalue weighted by Crippen LogP contribution is 2.38. The van der Waals surface area contributed by atoms with E-state index in [2.05, 4.69) is 24.1 Å². The van der Waals surface area contributed by atoms with E-state index in [4.69, 9.17) is 0 Å². The summed E-state index contributed by atoms with van der Waals surface area (Å²) in [6.07, 6.45) is 11.6. The van der Waals surface area contributed by atoms with E-state index in [9.17, 15) is 4.79 Å². The van der Waals surface area contributed by atoms with Gasteiger partial charge in [-0.2, -0.15) is 0 Å². The SMILES string of the molecule is CC(C)C1NC2(CCCC2)C(=O)N1CCC1CCCC1. The molecule has 3 heteroatoms. The van der Waals surface area contributed by atoms with E-state index >= 15 is 0 Å². The second kappa shape index (κ2) is 5.67. The number of hydrogen-bond donors (Lipinski definition) is 1. The Bertz CT molecular complexity index is 354. The monoisotopic (exact) mass is 278 g/mol. The fourth-order valence-corrected chi connectivity index (χ4v) is 4.55. The summed E-state index contributed by atoms with van der Waals surface area (Å²) in [5, 5.41) is 3.72. The number of rotatable bonds is 4. The van der Waals surface area contributed by atoms with Crippen LogP contribution in [0.5, 0.6) is 0 Å². The van der Waals surface area contributed by atoms with Crippen LogP contribution in [0.2, 0.25) is 0 Å². The molecule has 1 aliphatic heterocycles. The maximum absolute atomic E-state index is 12.9. The lowest BCUT2D eigenvalue weighted by atomic mass is 9.97. The van der Waals surface area contributed by atoms with Gasteiger partial charge in [-0.15, -0.1) is 0 Å². The Kier molecular flexibility index (Phi) is 4.07. The highest BCUT2D eigenvalue weighted by Gasteiger charge is 2.52. The van der Waals surface area contributed by atoms with Crippen LogP contribution < -0.4 is 5.32 Å². The van der Waals surface area contributed by atoms with E-state index in [0.29, 0.717) is 11.8 Å². The summed E-state index contributed by atoms with van der Waals surface area (Å²) in [5.41, 5.74) is -0.190. The molecule has 0 radical (unpaired) electrons. The summed E-state index contributed by atoms with van der Waals surface area (Å²) in [6.45, 7) is 5.45. The quantitative estimate of drug-likeness (QED) is 0.856. The lowest BCUT2D eigenvalue weighted by Gasteiger charge is -2.28. The minimum Gasteiger partial charge on any atom is -0.325 e. The zero-order valence-electron chi connectivity index (χ0n) is 13.2. The molecule has 1 spiro atoms. The first-order valence-corrected chi connectivity index (χ1v) is 8.71. The summed E-state index contributed by atoms with van der Waals surface area (Å²) < 4.78 is 0. The minimum atomic E-state index is -0.190.